The molecular formula is C22H25N3O3. The lowest BCUT2D eigenvalue weighted by Crippen LogP contribution is -2.28. The largest absolute Gasteiger partial charge is 0.497 e. The highest BCUT2D eigenvalue weighted by atomic mass is 16.5. The summed E-state index contributed by atoms with van der Waals surface area (Å²) in [5.74, 6) is 1.38. The molecule has 0 aliphatic heterocycles. The van der Waals surface area contributed by atoms with Crippen molar-refractivity contribution in [3.05, 3.63) is 77.6 Å². The van der Waals surface area contributed by atoms with Gasteiger partial charge in [-0.05, 0) is 36.2 Å². The molecule has 28 heavy (non-hydrogen) atoms. The van der Waals surface area contributed by atoms with Gasteiger partial charge in [0.2, 0.25) is 0 Å². The molecule has 146 valence electrons. The van der Waals surface area contributed by atoms with Crippen LogP contribution in [0.5, 0.6) is 11.5 Å². The minimum atomic E-state index is -0.130. The molecule has 2 aromatic carbocycles. The fraction of sp³-hybridized carbons (Fsp3) is 0.273. The molecule has 6 nitrogen and oxygen atoms in total. The molecule has 0 saturated heterocycles. The fourth-order valence-electron chi connectivity index (χ4n) is 2.97. The van der Waals surface area contributed by atoms with Crippen LogP contribution in [0.4, 0.5) is 0 Å². The van der Waals surface area contributed by atoms with Crippen LogP contribution in [0.25, 0.3) is 0 Å². The van der Waals surface area contributed by atoms with Crippen molar-refractivity contribution in [2.24, 2.45) is 0 Å². The SMILES string of the molecule is CCc1c(C(=O)NCCOc2ccc(OC)cc2)cnn1Cc1ccccc1. The molecule has 1 amide bonds. The number of hydrogen-bond donors (Lipinski definition) is 1. The molecule has 1 aromatic heterocycles. The first-order chi connectivity index (χ1) is 13.7. The summed E-state index contributed by atoms with van der Waals surface area (Å²) in [4.78, 5) is 12.5. The van der Waals surface area contributed by atoms with Crippen molar-refractivity contribution in [2.75, 3.05) is 20.3 Å². The molecule has 6 heteroatoms. The number of ether oxygens (including phenoxy) is 2. The lowest BCUT2D eigenvalue weighted by atomic mass is 10.1. The minimum Gasteiger partial charge on any atom is -0.497 e. The van der Waals surface area contributed by atoms with Gasteiger partial charge in [0.15, 0.2) is 0 Å². The molecule has 0 aliphatic carbocycles. The first-order valence-electron chi connectivity index (χ1n) is 9.35. The molecule has 3 aromatic rings. The highest BCUT2D eigenvalue weighted by Gasteiger charge is 2.16. The van der Waals surface area contributed by atoms with Gasteiger partial charge in [-0.2, -0.15) is 5.10 Å². The van der Waals surface area contributed by atoms with Crippen molar-refractivity contribution in [3.8, 4) is 11.5 Å². The van der Waals surface area contributed by atoms with Gasteiger partial charge < -0.3 is 14.8 Å². The summed E-state index contributed by atoms with van der Waals surface area (Å²) in [5.41, 5.74) is 2.69. The van der Waals surface area contributed by atoms with Gasteiger partial charge in [0.1, 0.15) is 18.1 Å². The number of amides is 1. The standard InChI is InChI=1S/C22H25N3O3/c1-3-21-20(15-24-25(21)16-17-7-5-4-6-8-17)22(26)23-13-14-28-19-11-9-18(27-2)10-12-19/h4-12,15H,3,13-14,16H2,1-2H3,(H,23,26). The number of nitrogens with zero attached hydrogens (tertiary/aromatic N) is 2. The Balaban J connectivity index is 1.53. The zero-order chi connectivity index (χ0) is 19.8. The van der Waals surface area contributed by atoms with Gasteiger partial charge in [0, 0.05) is 0 Å². The van der Waals surface area contributed by atoms with E-state index in [1.54, 1.807) is 13.3 Å². The highest BCUT2D eigenvalue weighted by Crippen LogP contribution is 2.17. The zero-order valence-electron chi connectivity index (χ0n) is 16.2. The van der Waals surface area contributed by atoms with E-state index in [0.717, 1.165) is 29.2 Å². The maximum absolute atomic E-state index is 12.5. The highest BCUT2D eigenvalue weighted by molar-refractivity contribution is 5.95. The van der Waals surface area contributed by atoms with Crippen molar-refractivity contribution >= 4 is 5.91 Å². The topological polar surface area (TPSA) is 65.4 Å². The van der Waals surface area contributed by atoms with E-state index in [0.29, 0.717) is 25.3 Å². The van der Waals surface area contributed by atoms with Crippen molar-refractivity contribution in [1.82, 2.24) is 15.1 Å². The van der Waals surface area contributed by atoms with Crippen LogP contribution in [0.15, 0.2) is 60.8 Å². The number of carbonyl (C=O) groups excluding carboxylic acids is 1. The van der Waals surface area contributed by atoms with E-state index in [9.17, 15) is 4.79 Å². The summed E-state index contributed by atoms with van der Waals surface area (Å²) < 4.78 is 12.6. The van der Waals surface area contributed by atoms with Gasteiger partial charge in [0.05, 0.1) is 37.7 Å². The third-order valence-corrected chi connectivity index (χ3v) is 4.42. The molecule has 0 atom stereocenters. The van der Waals surface area contributed by atoms with Crippen LogP contribution in [0.2, 0.25) is 0 Å². The Kier molecular flexibility index (Phi) is 6.68. The molecular weight excluding hydrogens is 354 g/mol. The molecule has 0 fully saturated rings. The molecule has 3 rings (SSSR count). The minimum absolute atomic E-state index is 0.130. The Morgan fingerprint density at radius 2 is 1.79 bits per heavy atom. The maximum Gasteiger partial charge on any atom is 0.254 e. The summed E-state index contributed by atoms with van der Waals surface area (Å²) >= 11 is 0. The van der Waals surface area contributed by atoms with E-state index >= 15 is 0 Å². The molecule has 0 bridgehead atoms. The van der Waals surface area contributed by atoms with Gasteiger partial charge in [0.25, 0.3) is 5.91 Å². The average Bonchev–Trinajstić information content (AvgIpc) is 3.14. The van der Waals surface area contributed by atoms with Gasteiger partial charge in [-0.25, -0.2) is 0 Å². The summed E-state index contributed by atoms with van der Waals surface area (Å²) in [6, 6.07) is 17.4. The van der Waals surface area contributed by atoms with E-state index in [1.807, 2.05) is 54.1 Å². The Morgan fingerprint density at radius 1 is 1.07 bits per heavy atom. The molecule has 0 aliphatic rings. The van der Waals surface area contributed by atoms with Gasteiger partial charge in [-0.3, -0.25) is 9.48 Å². The Labute approximate surface area is 165 Å². The predicted octanol–water partition coefficient (Wildman–Crippen LogP) is 3.31. The Hall–Kier alpha value is -3.28. The summed E-state index contributed by atoms with van der Waals surface area (Å²) in [6.07, 6.45) is 2.37. The lowest BCUT2D eigenvalue weighted by molar-refractivity contribution is 0.0946. The molecule has 0 spiro atoms. The fourth-order valence-corrected chi connectivity index (χ4v) is 2.97. The summed E-state index contributed by atoms with van der Waals surface area (Å²) in [5, 5.41) is 7.31. The zero-order valence-corrected chi connectivity index (χ0v) is 16.2. The Morgan fingerprint density at radius 3 is 2.46 bits per heavy atom. The van der Waals surface area contributed by atoms with E-state index in [-0.39, 0.29) is 5.91 Å². The molecule has 0 unspecified atom stereocenters. The third-order valence-electron chi connectivity index (χ3n) is 4.42. The number of carbonyl (C=O) groups is 1. The number of benzene rings is 2. The van der Waals surface area contributed by atoms with E-state index < -0.39 is 0 Å². The van der Waals surface area contributed by atoms with Crippen LogP contribution in [0.1, 0.15) is 28.5 Å². The lowest BCUT2D eigenvalue weighted by Gasteiger charge is -2.10. The van der Waals surface area contributed by atoms with Crippen LogP contribution in [-0.4, -0.2) is 35.9 Å². The third kappa shape index (κ3) is 4.91. The maximum atomic E-state index is 12.5. The number of nitrogens with one attached hydrogen (secondary N) is 1. The second kappa shape index (κ2) is 9.60. The van der Waals surface area contributed by atoms with Crippen LogP contribution >= 0.6 is 0 Å². The molecule has 0 radical (unpaired) electrons. The normalized spacial score (nSPS) is 10.5. The molecule has 1 N–H and O–H groups in total. The van der Waals surface area contributed by atoms with Crippen molar-refractivity contribution < 1.29 is 14.3 Å². The van der Waals surface area contributed by atoms with Gasteiger partial charge in [-0.15, -0.1) is 0 Å². The number of methoxy groups -OCH3 is 1. The van der Waals surface area contributed by atoms with Gasteiger partial charge >= 0.3 is 0 Å². The second-order valence-corrected chi connectivity index (χ2v) is 6.28. The first-order valence-corrected chi connectivity index (χ1v) is 9.35. The Bertz CT molecular complexity index is 889. The van der Waals surface area contributed by atoms with Crippen molar-refractivity contribution in [2.45, 2.75) is 19.9 Å². The first kappa shape index (κ1) is 19.5. The van der Waals surface area contributed by atoms with E-state index in [4.69, 9.17) is 9.47 Å². The number of aromatic nitrogens is 2. The predicted molar refractivity (Wildman–Crippen MR) is 108 cm³/mol. The number of hydrogen-bond acceptors (Lipinski definition) is 4. The molecule has 1 heterocycles. The summed E-state index contributed by atoms with van der Waals surface area (Å²) in [7, 11) is 1.62. The quantitative estimate of drug-likeness (QED) is 0.579. The van der Waals surface area contributed by atoms with Crippen LogP contribution in [0, 0.1) is 0 Å². The smallest absolute Gasteiger partial charge is 0.254 e. The van der Waals surface area contributed by atoms with Crippen LogP contribution in [-0.2, 0) is 13.0 Å². The average molecular weight is 379 g/mol. The second-order valence-electron chi connectivity index (χ2n) is 6.28. The van der Waals surface area contributed by atoms with E-state index in [1.165, 1.54) is 0 Å². The van der Waals surface area contributed by atoms with Crippen molar-refractivity contribution in [3.63, 3.8) is 0 Å². The molecule has 0 saturated carbocycles. The number of rotatable bonds is 9. The van der Waals surface area contributed by atoms with Crippen LogP contribution in [0.3, 0.4) is 0 Å². The van der Waals surface area contributed by atoms with Crippen molar-refractivity contribution in [1.29, 1.82) is 0 Å². The van der Waals surface area contributed by atoms with E-state index in [2.05, 4.69) is 22.5 Å². The monoisotopic (exact) mass is 379 g/mol. The van der Waals surface area contributed by atoms with Gasteiger partial charge in [-0.1, -0.05) is 37.3 Å². The summed E-state index contributed by atoms with van der Waals surface area (Å²) in [6.45, 7) is 3.48. The van der Waals surface area contributed by atoms with Crippen LogP contribution < -0.4 is 14.8 Å².